The van der Waals surface area contributed by atoms with Crippen LogP contribution >= 0.6 is 0 Å². The average Bonchev–Trinajstić information content (AvgIpc) is 3.62. The first-order chi connectivity index (χ1) is 16.2. The van der Waals surface area contributed by atoms with Crippen LogP contribution in [0.25, 0.3) is 22.5 Å². The van der Waals surface area contributed by atoms with Crippen molar-refractivity contribution in [1.29, 1.82) is 0 Å². The van der Waals surface area contributed by atoms with Crippen molar-refractivity contribution in [1.82, 2.24) is 9.78 Å². The number of methoxy groups -OCH3 is 1. The van der Waals surface area contributed by atoms with Gasteiger partial charge in [-0.15, -0.1) is 11.6 Å². The number of rotatable bonds is 4. The minimum Gasteiger partial charge on any atom is -0.496 e. The molecule has 4 aromatic carbocycles. The van der Waals surface area contributed by atoms with Crippen molar-refractivity contribution in [3.05, 3.63) is 120 Å². The third-order valence-corrected chi connectivity index (χ3v) is 6.02. The van der Waals surface area contributed by atoms with Crippen molar-refractivity contribution in [3.8, 4) is 28.3 Å². The largest absolute Gasteiger partial charge is 2.00 e. The number of ether oxygens (including phenoxy) is 1. The van der Waals surface area contributed by atoms with Crippen molar-refractivity contribution in [3.63, 3.8) is 0 Å². The standard InChI is InChI=1S/C24H20FN2O.C5H5.Fe/c1-28-22-8-4-7-20-19(22)13-14-21-23(20)26-27(24(21)17-5-2-3-6-17)15-16-9-11-18(25)12-10-16;1-2-4-5-3-1;/h2-12H,13-15H2,1H3;1-5H;/q2*-1;+2. The molecule has 0 bridgehead atoms. The molecule has 1 aliphatic rings. The Hall–Kier alpha value is -3.40. The fraction of sp³-hybridized carbons (Fsp3) is 0.138. The van der Waals surface area contributed by atoms with Gasteiger partial charge >= 0.3 is 17.1 Å². The van der Waals surface area contributed by atoms with Gasteiger partial charge in [-0.25, -0.2) is 16.5 Å². The van der Waals surface area contributed by atoms with Crippen molar-refractivity contribution < 1.29 is 26.2 Å². The third-order valence-electron chi connectivity index (χ3n) is 6.02. The van der Waals surface area contributed by atoms with Crippen LogP contribution in [0.1, 0.15) is 16.7 Å². The summed E-state index contributed by atoms with van der Waals surface area (Å²) in [5, 5.41) is 5.01. The minimum absolute atomic E-state index is 0. The van der Waals surface area contributed by atoms with E-state index in [-0.39, 0.29) is 22.9 Å². The summed E-state index contributed by atoms with van der Waals surface area (Å²) in [7, 11) is 1.72. The fourth-order valence-corrected chi connectivity index (χ4v) is 4.49. The molecular weight excluding hydrogens is 467 g/mol. The molecule has 5 aromatic rings. The summed E-state index contributed by atoms with van der Waals surface area (Å²) in [5.41, 5.74) is 8.01. The van der Waals surface area contributed by atoms with E-state index in [0.717, 1.165) is 41.1 Å². The van der Waals surface area contributed by atoms with Crippen LogP contribution in [0.15, 0.2) is 97.1 Å². The Labute approximate surface area is 210 Å². The van der Waals surface area contributed by atoms with E-state index in [2.05, 4.69) is 35.0 Å². The summed E-state index contributed by atoms with van der Waals surface area (Å²) in [5.74, 6) is 0.701. The molecule has 6 rings (SSSR count). The molecule has 0 aliphatic heterocycles. The first-order valence-corrected chi connectivity index (χ1v) is 11.1. The van der Waals surface area contributed by atoms with Gasteiger partial charge in [-0.1, -0.05) is 24.3 Å². The molecule has 0 N–H and O–H groups in total. The molecule has 0 radical (unpaired) electrons. The van der Waals surface area contributed by atoms with Crippen molar-refractivity contribution in [2.75, 3.05) is 7.11 Å². The summed E-state index contributed by atoms with van der Waals surface area (Å²) in [4.78, 5) is 0. The molecule has 0 saturated carbocycles. The maximum Gasteiger partial charge on any atom is 2.00 e. The van der Waals surface area contributed by atoms with E-state index in [9.17, 15) is 4.39 Å². The van der Waals surface area contributed by atoms with Crippen LogP contribution < -0.4 is 4.74 Å². The maximum absolute atomic E-state index is 13.3. The Kier molecular flexibility index (Phi) is 7.46. The Balaban J connectivity index is 0.000000407. The maximum atomic E-state index is 13.3. The fourth-order valence-electron chi connectivity index (χ4n) is 4.49. The number of benzene rings is 2. The molecule has 1 heterocycles. The summed E-state index contributed by atoms with van der Waals surface area (Å²) in [6, 6.07) is 31.2. The zero-order chi connectivity index (χ0) is 22.6. The van der Waals surface area contributed by atoms with Crippen molar-refractivity contribution in [2.24, 2.45) is 0 Å². The number of aromatic nitrogens is 2. The molecule has 1 aromatic heterocycles. The van der Waals surface area contributed by atoms with Gasteiger partial charge in [0.25, 0.3) is 0 Å². The number of halogens is 1. The van der Waals surface area contributed by atoms with Crippen molar-refractivity contribution >= 4 is 0 Å². The van der Waals surface area contributed by atoms with Gasteiger partial charge in [0.05, 0.1) is 19.3 Å². The van der Waals surface area contributed by atoms with E-state index < -0.39 is 0 Å². The van der Waals surface area contributed by atoms with Crippen LogP contribution in [0, 0.1) is 5.82 Å². The molecule has 0 atom stereocenters. The second-order valence-electron chi connectivity index (χ2n) is 8.08. The van der Waals surface area contributed by atoms with Crippen molar-refractivity contribution in [2.45, 2.75) is 19.4 Å². The molecule has 3 nitrogen and oxygen atoms in total. The topological polar surface area (TPSA) is 27.1 Å². The smallest absolute Gasteiger partial charge is 0.496 e. The van der Waals surface area contributed by atoms with Gasteiger partial charge in [-0.2, -0.15) is 41.5 Å². The van der Waals surface area contributed by atoms with Gasteiger partial charge in [0.1, 0.15) is 11.6 Å². The number of nitrogens with zero attached hydrogens (tertiary/aromatic N) is 2. The third kappa shape index (κ3) is 4.77. The quantitative estimate of drug-likeness (QED) is 0.208. The zero-order valence-electron chi connectivity index (χ0n) is 18.9. The summed E-state index contributed by atoms with van der Waals surface area (Å²) >= 11 is 0. The van der Waals surface area contributed by atoms with Gasteiger partial charge in [-0.3, -0.25) is 4.68 Å². The van der Waals surface area contributed by atoms with Gasteiger partial charge < -0.3 is 4.74 Å². The van der Waals surface area contributed by atoms with Gasteiger partial charge in [0.15, 0.2) is 0 Å². The predicted octanol–water partition coefficient (Wildman–Crippen LogP) is 6.63. The van der Waals surface area contributed by atoms with Crippen LogP contribution in [0.4, 0.5) is 4.39 Å². The number of fused-ring (bicyclic) bond motifs is 3. The zero-order valence-corrected chi connectivity index (χ0v) is 20.0. The summed E-state index contributed by atoms with van der Waals surface area (Å²) in [6.07, 6.45) is 1.86. The van der Waals surface area contributed by atoms with E-state index in [1.165, 1.54) is 28.8 Å². The van der Waals surface area contributed by atoms with E-state index in [0.29, 0.717) is 6.54 Å². The monoisotopic (exact) mass is 492 g/mol. The molecule has 34 heavy (non-hydrogen) atoms. The normalized spacial score (nSPS) is 11.5. The Morgan fingerprint density at radius 3 is 2.32 bits per heavy atom. The van der Waals surface area contributed by atoms with Crippen LogP contribution in [0.5, 0.6) is 5.75 Å². The second-order valence-corrected chi connectivity index (χ2v) is 8.08. The number of hydrogen-bond acceptors (Lipinski definition) is 2. The Morgan fingerprint density at radius 1 is 0.912 bits per heavy atom. The second kappa shape index (κ2) is 10.7. The predicted molar refractivity (Wildman–Crippen MR) is 130 cm³/mol. The molecule has 0 amide bonds. The Bertz CT molecular complexity index is 1300. The van der Waals surface area contributed by atoms with E-state index in [4.69, 9.17) is 9.84 Å². The number of hydrogen-bond donors (Lipinski definition) is 0. The molecule has 172 valence electrons. The minimum atomic E-state index is -0.221. The molecule has 0 fully saturated rings. The summed E-state index contributed by atoms with van der Waals surface area (Å²) in [6.45, 7) is 0.604. The van der Waals surface area contributed by atoms with E-state index in [1.54, 1.807) is 7.11 Å². The van der Waals surface area contributed by atoms with E-state index >= 15 is 0 Å². The van der Waals surface area contributed by atoms with Crippen LogP contribution in [-0.2, 0) is 36.5 Å². The molecule has 0 saturated heterocycles. The SMILES string of the molecule is COc1cccc2c1CCc1c-2nn(Cc2ccc(F)cc2)c1-c1ccc[cH-]1.[Fe+2].c1cc[cH-]c1. The van der Waals surface area contributed by atoms with Crippen LogP contribution in [-0.4, -0.2) is 16.9 Å². The molecule has 1 aliphatic carbocycles. The average molecular weight is 492 g/mol. The first kappa shape index (κ1) is 23.7. The molecule has 5 heteroatoms. The molecular formula is C29H25FFeN2O. The van der Waals surface area contributed by atoms with Gasteiger partial charge in [0.2, 0.25) is 0 Å². The molecule has 0 spiro atoms. The van der Waals surface area contributed by atoms with Gasteiger partial charge in [-0.05, 0) is 47.9 Å². The molecule has 0 unspecified atom stereocenters. The van der Waals surface area contributed by atoms with Crippen LogP contribution in [0.3, 0.4) is 0 Å². The van der Waals surface area contributed by atoms with E-state index in [1.807, 2.05) is 54.6 Å². The summed E-state index contributed by atoms with van der Waals surface area (Å²) < 4.78 is 20.9. The Morgan fingerprint density at radius 2 is 1.68 bits per heavy atom. The first-order valence-electron chi connectivity index (χ1n) is 11.1. The van der Waals surface area contributed by atoms with Gasteiger partial charge in [0, 0.05) is 11.1 Å². The van der Waals surface area contributed by atoms with Crippen LogP contribution in [0.2, 0.25) is 0 Å².